The van der Waals surface area contributed by atoms with Gasteiger partial charge in [0.15, 0.2) is 6.61 Å². The molecule has 0 atom stereocenters. The number of halogens is 2. The van der Waals surface area contributed by atoms with E-state index in [0.29, 0.717) is 25.6 Å². The zero-order valence-corrected chi connectivity index (χ0v) is 14.0. The van der Waals surface area contributed by atoms with Gasteiger partial charge < -0.3 is 9.64 Å². The van der Waals surface area contributed by atoms with Crippen LogP contribution in [0.4, 0.5) is 8.78 Å². The lowest BCUT2D eigenvalue weighted by atomic mass is 10.00. The fraction of sp³-hybridized carbons (Fsp3) is 0.200. The number of hydrogen-bond donors (Lipinski definition) is 0. The molecule has 2 aromatic rings. The monoisotopic (exact) mass is 357 g/mol. The van der Waals surface area contributed by atoms with E-state index < -0.39 is 24.2 Å². The number of rotatable bonds is 4. The normalized spacial score (nSPS) is 13.9. The number of benzene rings is 2. The zero-order valence-electron chi connectivity index (χ0n) is 14.0. The minimum Gasteiger partial charge on any atom is -0.452 e. The second-order valence-electron chi connectivity index (χ2n) is 5.92. The van der Waals surface area contributed by atoms with E-state index in [4.69, 9.17) is 4.74 Å². The lowest BCUT2D eigenvalue weighted by Gasteiger charge is -2.26. The average Bonchev–Trinajstić information content (AvgIpc) is 2.66. The largest absolute Gasteiger partial charge is 0.452 e. The Kier molecular flexibility index (Phi) is 5.41. The fourth-order valence-corrected chi connectivity index (χ4v) is 2.78. The molecule has 0 radical (unpaired) electrons. The van der Waals surface area contributed by atoms with Crippen LogP contribution < -0.4 is 0 Å². The van der Waals surface area contributed by atoms with Crippen molar-refractivity contribution < 1.29 is 23.1 Å². The van der Waals surface area contributed by atoms with E-state index in [1.165, 1.54) is 5.57 Å². The van der Waals surface area contributed by atoms with Crippen LogP contribution in [0.1, 0.15) is 22.3 Å². The summed E-state index contributed by atoms with van der Waals surface area (Å²) in [6.45, 7) is 0.479. The molecular formula is C20H17F2NO3. The van der Waals surface area contributed by atoms with Gasteiger partial charge in [-0.1, -0.05) is 36.4 Å². The van der Waals surface area contributed by atoms with Crippen molar-refractivity contribution in [2.24, 2.45) is 0 Å². The molecule has 0 bridgehead atoms. The number of nitrogens with zero attached hydrogens (tertiary/aromatic N) is 1. The number of carbonyl (C=O) groups is 2. The average molecular weight is 357 g/mol. The van der Waals surface area contributed by atoms with Gasteiger partial charge in [-0.3, -0.25) is 4.79 Å². The number of esters is 1. The van der Waals surface area contributed by atoms with Crippen LogP contribution in [0.3, 0.4) is 0 Å². The molecule has 0 unspecified atom stereocenters. The third kappa shape index (κ3) is 4.33. The molecule has 1 aliphatic rings. The summed E-state index contributed by atoms with van der Waals surface area (Å²) in [4.78, 5) is 25.6. The summed E-state index contributed by atoms with van der Waals surface area (Å²) in [5.41, 5.74) is 2.03. The Morgan fingerprint density at radius 3 is 2.35 bits per heavy atom. The van der Waals surface area contributed by atoms with Crippen molar-refractivity contribution in [1.82, 2.24) is 4.90 Å². The molecule has 0 fully saturated rings. The number of amides is 1. The van der Waals surface area contributed by atoms with Crippen LogP contribution in [-0.2, 0) is 9.53 Å². The molecular weight excluding hydrogens is 340 g/mol. The maximum absolute atomic E-state index is 13.1. The molecule has 3 rings (SSSR count). The van der Waals surface area contributed by atoms with Gasteiger partial charge in [0.25, 0.3) is 5.91 Å². The van der Waals surface area contributed by atoms with E-state index >= 15 is 0 Å². The predicted octanol–water partition coefficient (Wildman–Crippen LogP) is 3.44. The van der Waals surface area contributed by atoms with Crippen LogP contribution in [0, 0.1) is 11.6 Å². The molecule has 0 saturated heterocycles. The molecule has 6 heteroatoms. The molecule has 0 saturated carbocycles. The van der Waals surface area contributed by atoms with E-state index in [-0.39, 0.29) is 11.5 Å². The Bertz CT molecular complexity index is 829. The first-order chi connectivity index (χ1) is 12.5. The molecule has 1 heterocycles. The van der Waals surface area contributed by atoms with Gasteiger partial charge in [-0.05, 0) is 29.7 Å². The molecule has 26 heavy (non-hydrogen) atoms. The number of hydrogen-bond acceptors (Lipinski definition) is 3. The van der Waals surface area contributed by atoms with Crippen LogP contribution in [-0.4, -0.2) is 36.5 Å². The first kappa shape index (κ1) is 17.8. The lowest BCUT2D eigenvalue weighted by Crippen LogP contribution is -2.37. The van der Waals surface area contributed by atoms with E-state index in [9.17, 15) is 18.4 Å². The summed E-state index contributed by atoms with van der Waals surface area (Å²) in [6.07, 6.45) is 2.68. The smallest absolute Gasteiger partial charge is 0.338 e. The maximum Gasteiger partial charge on any atom is 0.338 e. The molecule has 0 aliphatic carbocycles. The minimum absolute atomic E-state index is 0.264. The predicted molar refractivity (Wildman–Crippen MR) is 92.3 cm³/mol. The standard InChI is InChI=1S/C20H17F2NO3/c21-17-10-16(11-18(22)12-17)20(25)26-13-19(24)23-8-6-15(7-9-23)14-4-2-1-3-5-14/h1-6,10-12H,7-9,13H2. The Balaban J connectivity index is 1.54. The van der Waals surface area contributed by atoms with Crippen molar-refractivity contribution in [2.45, 2.75) is 6.42 Å². The lowest BCUT2D eigenvalue weighted by molar-refractivity contribution is -0.134. The Hall–Kier alpha value is -3.02. The SMILES string of the molecule is O=C(OCC(=O)N1CC=C(c2ccccc2)CC1)c1cc(F)cc(F)c1. The molecule has 0 spiro atoms. The molecule has 0 N–H and O–H groups in total. The third-order valence-corrected chi connectivity index (χ3v) is 4.13. The summed E-state index contributed by atoms with van der Waals surface area (Å²) in [5.74, 6) is -3.04. The van der Waals surface area contributed by atoms with Gasteiger partial charge in [-0.25, -0.2) is 13.6 Å². The Morgan fingerprint density at radius 1 is 1.04 bits per heavy atom. The maximum atomic E-state index is 13.1. The first-order valence-corrected chi connectivity index (χ1v) is 8.18. The van der Waals surface area contributed by atoms with Crippen molar-refractivity contribution in [3.05, 3.63) is 77.4 Å². The summed E-state index contributed by atoms with van der Waals surface area (Å²) in [5, 5.41) is 0. The zero-order chi connectivity index (χ0) is 18.5. The molecule has 1 amide bonds. The molecule has 0 aromatic heterocycles. The highest BCUT2D eigenvalue weighted by Crippen LogP contribution is 2.22. The van der Waals surface area contributed by atoms with Gasteiger partial charge in [0.05, 0.1) is 5.56 Å². The van der Waals surface area contributed by atoms with Crippen LogP contribution in [0.15, 0.2) is 54.6 Å². The first-order valence-electron chi connectivity index (χ1n) is 8.18. The molecule has 1 aliphatic heterocycles. The highest BCUT2D eigenvalue weighted by molar-refractivity contribution is 5.91. The van der Waals surface area contributed by atoms with E-state index in [1.54, 1.807) is 4.90 Å². The summed E-state index contributed by atoms with van der Waals surface area (Å²) >= 11 is 0. The highest BCUT2D eigenvalue weighted by atomic mass is 19.1. The van der Waals surface area contributed by atoms with Crippen molar-refractivity contribution in [3.8, 4) is 0 Å². The van der Waals surface area contributed by atoms with Gasteiger partial charge >= 0.3 is 5.97 Å². The van der Waals surface area contributed by atoms with Gasteiger partial charge in [0.2, 0.25) is 0 Å². The van der Waals surface area contributed by atoms with Crippen LogP contribution in [0.5, 0.6) is 0 Å². The highest BCUT2D eigenvalue weighted by Gasteiger charge is 2.20. The van der Waals surface area contributed by atoms with Crippen molar-refractivity contribution in [1.29, 1.82) is 0 Å². The third-order valence-electron chi connectivity index (χ3n) is 4.13. The summed E-state index contributed by atoms with van der Waals surface area (Å²) < 4.78 is 31.1. The number of ether oxygens (including phenoxy) is 1. The molecule has 2 aromatic carbocycles. The van der Waals surface area contributed by atoms with Gasteiger partial charge in [-0.2, -0.15) is 0 Å². The minimum atomic E-state index is -0.936. The second-order valence-corrected chi connectivity index (χ2v) is 5.92. The molecule has 134 valence electrons. The van der Waals surface area contributed by atoms with Crippen molar-refractivity contribution >= 4 is 17.4 Å². The van der Waals surface area contributed by atoms with Crippen LogP contribution >= 0.6 is 0 Å². The van der Waals surface area contributed by atoms with Gasteiger partial charge in [-0.15, -0.1) is 0 Å². The van der Waals surface area contributed by atoms with Crippen molar-refractivity contribution in [3.63, 3.8) is 0 Å². The van der Waals surface area contributed by atoms with E-state index in [1.807, 2.05) is 36.4 Å². The number of carbonyl (C=O) groups excluding carboxylic acids is 2. The van der Waals surface area contributed by atoms with Crippen molar-refractivity contribution in [2.75, 3.05) is 19.7 Å². The quantitative estimate of drug-likeness (QED) is 0.788. The molecule has 4 nitrogen and oxygen atoms in total. The van der Waals surface area contributed by atoms with Crippen LogP contribution in [0.25, 0.3) is 5.57 Å². The topological polar surface area (TPSA) is 46.6 Å². The van der Waals surface area contributed by atoms with Gasteiger partial charge in [0.1, 0.15) is 11.6 Å². The van der Waals surface area contributed by atoms with Crippen LogP contribution in [0.2, 0.25) is 0 Å². The second kappa shape index (κ2) is 7.91. The van der Waals surface area contributed by atoms with E-state index in [0.717, 1.165) is 17.7 Å². The fourth-order valence-electron chi connectivity index (χ4n) is 2.78. The van der Waals surface area contributed by atoms with E-state index in [2.05, 4.69) is 0 Å². The Labute approximate surface area is 149 Å². The summed E-state index contributed by atoms with van der Waals surface area (Å²) in [7, 11) is 0. The Morgan fingerprint density at radius 2 is 1.73 bits per heavy atom. The van der Waals surface area contributed by atoms with Gasteiger partial charge in [0, 0.05) is 19.2 Å². The summed E-state index contributed by atoms with van der Waals surface area (Å²) in [6, 6.07) is 12.3.